The van der Waals surface area contributed by atoms with Crippen LogP contribution in [0.3, 0.4) is 0 Å². The largest absolute Gasteiger partial charge is 0.368 e. The molecule has 0 aliphatic carbocycles. The van der Waals surface area contributed by atoms with Crippen LogP contribution < -0.4 is 10.6 Å². The molecule has 1 rings (SSSR count). The fourth-order valence-corrected chi connectivity index (χ4v) is 2.61. The van der Waals surface area contributed by atoms with Gasteiger partial charge >= 0.3 is 0 Å². The van der Waals surface area contributed by atoms with Crippen molar-refractivity contribution >= 4 is 5.91 Å². The number of nitrogens with one attached hydrogen (secondary N) is 2. The van der Waals surface area contributed by atoms with Gasteiger partial charge < -0.3 is 15.4 Å². The van der Waals surface area contributed by atoms with Crippen molar-refractivity contribution in [2.24, 2.45) is 5.92 Å². The molecule has 0 aromatic carbocycles. The smallest absolute Gasteiger partial charge is 0.252 e. The van der Waals surface area contributed by atoms with Crippen LogP contribution in [-0.4, -0.2) is 37.7 Å². The summed E-state index contributed by atoms with van der Waals surface area (Å²) < 4.78 is 5.53. The third-order valence-corrected chi connectivity index (χ3v) is 4.01. The molecule has 0 spiro atoms. The number of piperidine rings is 1. The highest BCUT2D eigenvalue weighted by molar-refractivity contribution is 5.85. The van der Waals surface area contributed by atoms with Gasteiger partial charge in [0.25, 0.3) is 5.91 Å². The van der Waals surface area contributed by atoms with Gasteiger partial charge in [0.15, 0.2) is 0 Å². The number of rotatable bonds is 7. The molecular formula is C15H30N2O2. The fraction of sp³-hybridized carbons (Fsp3) is 0.933. The lowest BCUT2D eigenvalue weighted by molar-refractivity contribution is -0.147. The Balaban J connectivity index is 2.39. The SMILES string of the molecule is COC1(C(=O)NC(C)CCCC(C)C)CCNCC1. The summed E-state index contributed by atoms with van der Waals surface area (Å²) in [6, 6.07) is 0.230. The highest BCUT2D eigenvalue weighted by atomic mass is 16.5. The zero-order valence-electron chi connectivity index (χ0n) is 12.9. The van der Waals surface area contributed by atoms with Crippen LogP contribution >= 0.6 is 0 Å². The monoisotopic (exact) mass is 270 g/mol. The van der Waals surface area contributed by atoms with Crippen molar-refractivity contribution < 1.29 is 9.53 Å². The maximum absolute atomic E-state index is 12.4. The maximum atomic E-state index is 12.4. The molecule has 1 amide bonds. The van der Waals surface area contributed by atoms with Crippen LogP contribution in [0, 0.1) is 5.92 Å². The van der Waals surface area contributed by atoms with E-state index in [9.17, 15) is 4.79 Å². The summed E-state index contributed by atoms with van der Waals surface area (Å²) in [4.78, 5) is 12.4. The molecular weight excluding hydrogens is 240 g/mol. The average Bonchev–Trinajstić information content (AvgIpc) is 2.39. The molecule has 1 fully saturated rings. The second kappa shape index (κ2) is 7.85. The van der Waals surface area contributed by atoms with Crippen LogP contribution in [0.15, 0.2) is 0 Å². The lowest BCUT2D eigenvalue weighted by Gasteiger charge is -2.35. The number of carbonyl (C=O) groups is 1. The van der Waals surface area contributed by atoms with E-state index in [4.69, 9.17) is 4.74 Å². The van der Waals surface area contributed by atoms with Gasteiger partial charge in [-0.3, -0.25) is 4.79 Å². The van der Waals surface area contributed by atoms with E-state index in [1.165, 1.54) is 12.8 Å². The van der Waals surface area contributed by atoms with Crippen molar-refractivity contribution in [3.8, 4) is 0 Å². The molecule has 0 radical (unpaired) electrons. The van der Waals surface area contributed by atoms with Crippen molar-refractivity contribution in [3.05, 3.63) is 0 Å². The first-order valence-electron chi connectivity index (χ1n) is 7.57. The Morgan fingerprint density at radius 2 is 1.89 bits per heavy atom. The summed E-state index contributed by atoms with van der Waals surface area (Å²) in [6.07, 6.45) is 4.95. The highest BCUT2D eigenvalue weighted by Crippen LogP contribution is 2.23. The Bertz CT molecular complexity index is 273. The minimum absolute atomic E-state index is 0.0635. The normalized spacial score (nSPS) is 20.3. The predicted octanol–water partition coefficient (Wildman–Crippen LogP) is 2.09. The zero-order chi connectivity index (χ0) is 14.3. The molecule has 1 atom stereocenters. The summed E-state index contributed by atoms with van der Waals surface area (Å²) in [6.45, 7) is 8.25. The van der Waals surface area contributed by atoms with Gasteiger partial charge in [0, 0.05) is 13.2 Å². The zero-order valence-corrected chi connectivity index (χ0v) is 12.9. The summed E-state index contributed by atoms with van der Waals surface area (Å²) >= 11 is 0. The third-order valence-electron chi connectivity index (χ3n) is 4.01. The maximum Gasteiger partial charge on any atom is 0.252 e. The molecule has 112 valence electrons. The molecule has 1 aliphatic rings. The van der Waals surface area contributed by atoms with Gasteiger partial charge in [-0.25, -0.2) is 0 Å². The van der Waals surface area contributed by atoms with Crippen molar-refractivity contribution in [2.75, 3.05) is 20.2 Å². The van der Waals surface area contributed by atoms with Gasteiger partial charge in [-0.05, 0) is 45.2 Å². The minimum Gasteiger partial charge on any atom is -0.368 e. The topological polar surface area (TPSA) is 50.4 Å². The predicted molar refractivity (Wildman–Crippen MR) is 78.1 cm³/mol. The molecule has 19 heavy (non-hydrogen) atoms. The van der Waals surface area contributed by atoms with Crippen LogP contribution in [0.5, 0.6) is 0 Å². The van der Waals surface area contributed by atoms with Gasteiger partial charge in [0.05, 0.1) is 0 Å². The first-order valence-corrected chi connectivity index (χ1v) is 7.57. The van der Waals surface area contributed by atoms with Crippen molar-refractivity contribution in [3.63, 3.8) is 0 Å². The molecule has 0 saturated carbocycles. The van der Waals surface area contributed by atoms with E-state index in [0.29, 0.717) is 0 Å². The fourth-order valence-electron chi connectivity index (χ4n) is 2.61. The Labute approximate surface area is 117 Å². The Morgan fingerprint density at radius 3 is 2.42 bits per heavy atom. The number of carbonyl (C=O) groups excluding carboxylic acids is 1. The van der Waals surface area contributed by atoms with E-state index < -0.39 is 5.60 Å². The van der Waals surface area contributed by atoms with E-state index in [2.05, 4.69) is 31.4 Å². The van der Waals surface area contributed by atoms with Crippen molar-refractivity contribution in [1.82, 2.24) is 10.6 Å². The first kappa shape index (κ1) is 16.4. The average molecular weight is 270 g/mol. The Kier molecular flexibility index (Phi) is 6.80. The van der Waals surface area contributed by atoms with Crippen LogP contribution in [0.4, 0.5) is 0 Å². The molecule has 4 nitrogen and oxygen atoms in total. The molecule has 0 bridgehead atoms. The summed E-state index contributed by atoms with van der Waals surface area (Å²) in [5, 5.41) is 6.39. The van der Waals surface area contributed by atoms with E-state index >= 15 is 0 Å². The number of amides is 1. The molecule has 1 aliphatic heterocycles. The Hall–Kier alpha value is -0.610. The van der Waals surface area contributed by atoms with E-state index in [0.717, 1.165) is 38.3 Å². The summed E-state index contributed by atoms with van der Waals surface area (Å²) in [5.74, 6) is 0.797. The van der Waals surface area contributed by atoms with Gasteiger partial charge in [-0.2, -0.15) is 0 Å². The first-order chi connectivity index (χ1) is 9.00. The molecule has 4 heteroatoms. The third kappa shape index (κ3) is 5.11. The second-order valence-electron chi connectivity index (χ2n) is 6.15. The van der Waals surface area contributed by atoms with Gasteiger partial charge in [-0.1, -0.05) is 26.7 Å². The number of hydrogen-bond acceptors (Lipinski definition) is 3. The number of hydrogen-bond donors (Lipinski definition) is 2. The summed E-state index contributed by atoms with van der Waals surface area (Å²) in [7, 11) is 1.65. The van der Waals surface area contributed by atoms with Gasteiger partial charge in [-0.15, -0.1) is 0 Å². The van der Waals surface area contributed by atoms with E-state index in [1.54, 1.807) is 7.11 Å². The van der Waals surface area contributed by atoms with E-state index in [-0.39, 0.29) is 11.9 Å². The van der Waals surface area contributed by atoms with Crippen LogP contribution in [0.2, 0.25) is 0 Å². The second-order valence-corrected chi connectivity index (χ2v) is 6.15. The van der Waals surface area contributed by atoms with Crippen molar-refractivity contribution in [2.45, 2.75) is 64.5 Å². The highest BCUT2D eigenvalue weighted by Gasteiger charge is 2.39. The molecule has 2 N–H and O–H groups in total. The van der Waals surface area contributed by atoms with E-state index in [1.807, 2.05) is 0 Å². The summed E-state index contributed by atoms with van der Waals surface area (Å²) in [5.41, 5.74) is -0.614. The van der Waals surface area contributed by atoms with Crippen LogP contribution in [0.1, 0.15) is 52.9 Å². The minimum atomic E-state index is -0.614. The lowest BCUT2D eigenvalue weighted by atomic mass is 9.90. The molecule has 1 saturated heterocycles. The van der Waals surface area contributed by atoms with Crippen LogP contribution in [0.25, 0.3) is 0 Å². The molecule has 1 heterocycles. The standard InChI is InChI=1S/C15H30N2O2/c1-12(2)6-5-7-13(3)17-14(18)15(19-4)8-10-16-11-9-15/h12-13,16H,5-11H2,1-4H3,(H,17,18). The molecule has 1 unspecified atom stereocenters. The lowest BCUT2D eigenvalue weighted by Crippen LogP contribution is -2.55. The molecule has 0 aromatic rings. The number of ether oxygens (including phenoxy) is 1. The van der Waals surface area contributed by atoms with Gasteiger partial charge in [0.2, 0.25) is 0 Å². The van der Waals surface area contributed by atoms with Crippen LogP contribution in [-0.2, 0) is 9.53 Å². The Morgan fingerprint density at radius 1 is 1.26 bits per heavy atom. The number of methoxy groups -OCH3 is 1. The quantitative estimate of drug-likeness (QED) is 0.745. The van der Waals surface area contributed by atoms with Gasteiger partial charge in [0.1, 0.15) is 5.60 Å². The molecule has 0 aromatic heterocycles. The van der Waals surface area contributed by atoms with Crippen molar-refractivity contribution in [1.29, 1.82) is 0 Å².